The first kappa shape index (κ1) is 24.9. The number of fused-ring (bicyclic) bond motifs is 1. The zero-order valence-corrected chi connectivity index (χ0v) is 21.1. The lowest BCUT2D eigenvalue weighted by Gasteiger charge is -2.21. The van der Waals surface area contributed by atoms with Gasteiger partial charge < -0.3 is 14.4 Å². The highest BCUT2D eigenvalue weighted by Crippen LogP contribution is 2.31. The molecular weight excluding hydrogens is 486 g/mol. The minimum atomic E-state index is -3.67. The molecule has 4 rings (SSSR count). The molecule has 0 amide bonds. The smallest absolute Gasteiger partial charge is 0.326 e. The van der Waals surface area contributed by atoms with E-state index in [1.807, 2.05) is 43.3 Å². The van der Waals surface area contributed by atoms with Gasteiger partial charge in [0.05, 0.1) is 10.6 Å². The molecule has 10 heteroatoms. The summed E-state index contributed by atoms with van der Waals surface area (Å²) in [5.74, 6) is -0.307. The highest BCUT2D eigenvalue weighted by Gasteiger charge is 2.26. The number of carboxylic acid groups (broad SMARTS) is 1. The fraction of sp³-hybridized carbons (Fsp3) is 0.280. The maximum atomic E-state index is 13.3. The predicted octanol–water partition coefficient (Wildman–Crippen LogP) is 4.89. The highest BCUT2D eigenvalue weighted by atomic mass is 32.2. The van der Waals surface area contributed by atoms with Gasteiger partial charge in [0.2, 0.25) is 0 Å². The van der Waals surface area contributed by atoms with Gasteiger partial charge in [-0.2, -0.15) is 4.31 Å². The van der Waals surface area contributed by atoms with Gasteiger partial charge in [0, 0.05) is 36.4 Å². The van der Waals surface area contributed by atoms with E-state index in [2.05, 4.69) is 4.98 Å². The number of aliphatic carboxylic acids is 1. The molecule has 35 heavy (non-hydrogen) atoms. The first-order valence-electron chi connectivity index (χ1n) is 11.3. The second-order valence-electron chi connectivity index (χ2n) is 8.04. The average molecular weight is 514 g/mol. The molecule has 0 saturated carbocycles. The van der Waals surface area contributed by atoms with Gasteiger partial charge in [0.1, 0.15) is 22.6 Å². The van der Waals surface area contributed by atoms with E-state index < -0.39 is 22.0 Å². The van der Waals surface area contributed by atoms with Gasteiger partial charge in [0.25, 0.3) is 10.0 Å². The largest absolute Gasteiger partial charge is 0.492 e. The van der Waals surface area contributed by atoms with E-state index in [4.69, 9.17) is 4.74 Å². The summed E-state index contributed by atoms with van der Waals surface area (Å²) in [5, 5.41) is 10.1. The lowest BCUT2D eigenvalue weighted by atomic mass is 10.2. The second-order valence-corrected chi connectivity index (χ2v) is 11.3. The van der Waals surface area contributed by atoms with Crippen LogP contribution < -0.4 is 4.74 Å². The molecule has 0 radical (unpaired) electrons. The summed E-state index contributed by atoms with van der Waals surface area (Å²) < 4.78 is 35.9. The minimum Gasteiger partial charge on any atom is -0.492 e. The second kappa shape index (κ2) is 10.6. The van der Waals surface area contributed by atoms with E-state index in [-0.39, 0.29) is 17.4 Å². The Morgan fingerprint density at radius 3 is 2.71 bits per heavy atom. The van der Waals surface area contributed by atoms with Gasteiger partial charge >= 0.3 is 5.97 Å². The van der Waals surface area contributed by atoms with E-state index in [0.29, 0.717) is 18.7 Å². The zero-order chi connectivity index (χ0) is 25.0. The van der Waals surface area contributed by atoms with Crippen molar-refractivity contribution in [3.05, 3.63) is 67.0 Å². The lowest BCUT2D eigenvalue weighted by molar-refractivity contribution is -0.140. The molecule has 3 heterocycles. The third-order valence-electron chi connectivity index (χ3n) is 5.64. The molecule has 1 atom stereocenters. The number of carbonyl (C=O) groups is 1. The van der Waals surface area contributed by atoms with Crippen molar-refractivity contribution in [2.75, 3.05) is 19.7 Å². The molecule has 0 aliphatic heterocycles. The van der Waals surface area contributed by atoms with Crippen LogP contribution in [0, 0.1) is 0 Å². The molecule has 4 aromatic rings. The molecule has 0 bridgehead atoms. The quantitative estimate of drug-likeness (QED) is 0.306. The standard InChI is InChI=1S/C25H27N3O5S2/c1-3-13-27(35(31,32)24-10-9-23(34-24)21-6-4-5-12-26-21)15-16-33-20-7-8-22-19(17-20)11-14-28(22)18(2)25(29)30/h4-12,14,17-18H,3,13,15-16H2,1-2H3,(H,29,30). The third-order valence-corrected chi connectivity index (χ3v) is 9.12. The van der Waals surface area contributed by atoms with Crippen LogP contribution in [0.3, 0.4) is 0 Å². The Kier molecular flexibility index (Phi) is 7.54. The number of sulfonamides is 1. The fourth-order valence-electron chi connectivity index (χ4n) is 3.79. The molecule has 1 aromatic carbocycles. The summed E-state index contributed by atoms with van der Waals surface area (Å²) >= 11 is 1.21. The van der Waals surface area contributed by atoms with Gasteiger partial charge in [-0.1, -0.05) is 13.0 Å². The number of thiophene rings is 1. The van der Waals surface area contributed by atoms with Crippen molar-refractivity contribution in [1.29, 1.82) is 0 Å². The van der Waals surface area contributed by atoms with Gasteiger partial charge in [-0.05, 0) is 61.9 Å². The summed E-state index contributed by atoms with van der Waals surface area (Å²) in [6.07, 6.45) is 4.10. The van der Waals surface area contributed by atoms with Crippen LogP contribution in [0.1, 0.15) is 26.3 Å². The number of aromatic nitrogens is 2. The highest BCUT2D eigenvalue weighted by molar-refractivity contribution is 7.91. The maximum Gasteiger partial charge on any atom is 0.326 e. The Morgan fingerprint density at radius 2 is 2.00 bits per heavy atom. The molecular formula is C25H27N3O5S2. The molecule has 1 N–H and O–H groups in total. The summed E-state index contributed by atoms with van der Waals surface area (Å²) in [6, 6.07) is 15.5. The van der Waals surface area contributed by atoms with Crippen molar-refractivity contribution in [2.24, 2.45) is 0 Å². The maximum absolute atomic E-state index is 13.3. The van der Waals surface area contributed by atoms with Crippen molar-refractivity contribution in [1.82, 2.24) is 13.9 Å². The molecule has 3 aromatic heterocycles. The van der Waals surface area contributed by atoms with Crippen molar-refractivity contribution < 1.29 is 23.1 Å². The van der Waals surface area contributed by atoms with Gasteiger partial charge in [0.15, 0.2) is 0 Å². The van der Waals surface area contributed by atoms with Crippen molar-refractivity contribution in [3.8, 4) is 16.3 Å². The van der Waals surface area contributed by atoms with Crippen LogP contribution in [0.2, 0.25) is 0 Å². The van der Waals surface area contributed by atoms with Crippen LogP contribution in [0.15, 0.2) is 71.2 Å². The van der Waals surface area contributed by atoms with Crippen LogP contribution in [0.5, 0.6) is 5.75 Å². The first-order chi connectivity index (χ1) is 16.8. The first-order valence-corrected chi connectivity index (χ1v) is 13.5. The van der Waals surface area contributed by atoms with Crippen molar-refractivity contribution in [3.63, 3.8) is 0 Å². The topological polar surface area (TPSA) is 102 Å². The molecule has 0 aliphatic rings. The Balaban J connectivity index is 1.45. The zero-order valence-electron chi connectivity index (χ0n) is 19.5. The Morgan fingerprint density at radius 1 is 1.17 bits per heavy atom. The van der Waals surface area contributed by atoms with E-state index in [1.54, 1.807) is 42.1 Å². The third kappa shape index (κ3) is 5.39. The minimum absolute atomic E-state index is 0.190. The molecule has 0 aliphatic carbocycles. The Bertz CT molecular complexity index is 1410. The predicted molar refractivity (Wildman–Crippen MR) is 136 cm³/mol. The summed E-state index contributed by atoms with van der Waals surface area (Å²) in [5.41, 5.74) is 1.54. The number of pyridine rings is 1. The van der Waals surface area contributed by atoms with Crippen LogP contribution in [0.4, 0.5) is 0 Å². The molecule has 0 saturated heterocycles. The van der Waals surface area contributed by atoms with Gasteiger partial charge in [-0.3, -0.25) is 4.98 Å². The lowest BCUT2D eigenvalue weighted by Crippen LogP contribution is -2.34. The van der Waals surface area contributed by atoms with Gasteiger partial charge in [-0.25, -0.2) is 13.2 Å². The normalized spacial score (nSPS) is 12.8. The van der Waals surface area contributed by atoms with E-state index in [9.17, 15) is 18.3 Å². The van der Waals surface area contributed by atoms with Crippen molar-refractivity contribution >= 4 is 38.2 Å². The number of rotatable bonds is 11. The number of hydrogen-bond donors (Lipinski definition) is 1. The molecule has 1 unspecified atom stereocenters. The van der Waals surface area contributed by atoms with Crippen molar-refractivity contribution in [2.45, 2.75) is 30.5 Å². The summed E-state index contributed by atoms with van der Waals surface area (Å²) in [4.78, 5) is 16.4. The van der Waals surface area contributed by atoms with Crippen LogP contribution in [-0.4, -0.2) is 53.0 Å². The number of ether oxygens (including phenoxy) is 1. The van der Waals surface area contributed by atoms with E-state index in [0.717, 1.165) is 21.5 Å². The molecule has 0 fully saturated rings. The number of hydrogen-bond acceptors (Lipinski definition) is 6. The molecule has 184 valence electrons. The Labute approximate surface area is 208 Å². The van der Waals surface area contributed by atoms with Crippen LogP contribution in [-0.2, 0) is 14.8 Å². The van der Waals surface area contributed by atoms with E-state index in [1.165, 1.54) is 15.6 Å². The fourth-order valence-corrected chi connectivity index (χ4v) is 6.74. The monoisotopic (exact) mass is 513 g/mol. The number of nitrogens with zero attached hydrogens (tertiary/aromatic N) is 3. The molecule has 8 nitrogen and oxygen atoms in total. The Hall–Kier alpha value is -3.21. The summed E-state index contributed by atoms with van der Waals surface area (Å²) in [6.45, 7) is 4.35. The SMILES string of the molecule is CCCN(CCOc1ccc2c(ccn2C(C)C(=O)O)c1)S(=O)(=O)c1ccc(-c2ccccn2)s1. The number of carboxylic acids is 1. The van der Waals surface area contributed by atoms with E-state index >= 15 is 0 Å². The number of benzene rings is 1. The van der Waals surface area contributed by atoms with Gasteiger partial charge in [-0.15, -0.1) is 11.3 Å². The summed E-state index contributed by atoms with van der Waals surface area (Å²) in [7, 11) is -3.67. The molecule has 0 spiro atoms. The van der Waals surface area contributed by atoms with Crippen LogP contribution >= 0.6 is 11.3 Å². The van der Waals surface area contributed by atoms with Crippen LogP contribution in [0.25, 0.3) is 21.5 Å². The average Bonchev–Trinajstić information content (AvgIpc) is 3.51.